The Kier molecular flexibility index (Phi) is 2.51. The van der Waals surface area contributed by atoms with E-state index >= 15 is 0 Å². The Morgan fingerprint density at radius 1 is 1.53 bits per heavy atom. The van der Waals surface area contributed by atoms with Crippen LogP contribution in [0.3, 0.4) is 0 Å². The Morgan fingerprint density at radius 3 is 2.76 bits per heavy atom. The van der Waals surface area contributed by atoms with Crippen molar-refractivity contribution in [2.45, 2.75) is 6.92 Å². The minimum Gasteiger partial charge on any atom is -0.382 e. The van der Waals surface area contributed by atoms with Gasteiger partial charge in [0, 0.05) is 17.8 Å². The second kappa shape index (κ2) is 3.85. The Morgan fingerprint density at radius 2 is 2.24 bits per heavy atom. The molecule has 2 rings (SSSR count). The van der Waals surface area contributed by atoms with E-state index in [1.165, 1.54) is 10.7 Å². The number of benzene rings is 1. The van der Waals surface area contributed by atoms with E-state index in [4.69, 9.17) is 5.73 Å². The van der Waals surface area contributed by atoms with Gasteiger partial charge in [0.1, 0.15) is 5.82 Å². The summed E-state index contributed by atoms with van der Waals surface area (Å²) in [5, 5.41) is 14.5. The molecule has 1 heterocycles. The van der Waals surface area contributed by atoms with Gasteiger partial charge >= 0.3 is 5.69 Å². The smallest absolute Gasteiger partial charge is 0.306 e. The maximum atomic E-state index is 13.1. The first kappa shape index (κ1) is 11.1. The van der Waals surface area contributed by atoms with E-state index in [1.54, 1.807) is 13.1 Å². The third-order valence-electron chi connectivity index (χ3n) is 2.33. The molecular formula is C10H9FN4O2. The van der Waals surface area contributed by atoms with Crippen LogP contribution in [0.15, 0.2) is 24.4 Å². The number of halogens is 1. The van der Waals surface area contributed by atoms with Gasteiger partial charge in [-0.15, -0.1) is 0 Å². The van der Waals surface area contributed by atoms with Crippen molar-refractivity contribution in [1.29, 1.82) is 0 Å². The molecule has 0 aliphatic carbocycles. The van der Waals surface area contributed by atoms with Gasteiger partial charge < -0.3 is 5.73 Å². The minimum atomic E-state index is -0.879. The van der Waals surface area contributed by atoms with E-state index in [0.29, 0.717) is 11.5 Å². The first-order valence-electron chi connectivity index (χ1n) is 4.75. The number of nitrogen functional groups attached to an aromatic ring is 1. The van der Waals surface area contributed by atoms with Gasteiger partial charge in [0.05, 0.1) is 10.6 Å². The molecule has 0 spiro atoms. The number of nitro benzene ring substituents is 1. The molecule has 2 aromatic rings. The van der Waals surface area contributed by atoms with Crippen LogP contribution in [0.2, 0.25) is 0 Å². The van der Waals surface area contributed by atoms with Crippen LogP contribution in [0.1, 0.15) is 5.56 Å². The maximum Gasteiger partial charge on any atom is 0.306 e. The number of aryl methyl sites for hydroxylation is 1. The number of hydrogen-bond acceptors (Lipinski definition) is 4. The highest BCUT2D eigenvalue weighted by molar-refractivity contribution is 5.46. The molecule has 0 bridgehead atoms. The van der Waals surface area contributed by atoms with Crippen molar-refractivity contribution in [2.75, 3.05) is 5.73 Å². The quantitative estimate of drug-likeness (QED) is 0.636. The molecule has 0 saturated carbocycles. The van der Waals surface area contributed by atoms with Gasteiger partial charge in [0.15, 0.2) is 0 Å². The molecule has 1 aromatic carbocycles. The van der Waals surface area contributed by atoms with Crippen LogP contribution in [0.4, 0.5) is 15.9 Å². The fourth-order valence-corrected chi connectivity index (χ4v) is 1.39. The third kappa shape index (κ3) is 1.94. The summed E-state index contributed by atoms with van der Waals surface area (Å²) in [5.74, 6) is -0.549. The van der Waals surface area contributed by atoms with Crippen LogP contribution >= 0.6 is 0 Å². The lowest BCUT2D eigenvalue weighted by Crippen LogP contribution is -1.99. The van der Waals surface area contributed by atoms with Crippen LogP contribution in [-0.2, 0) is 0 Å². The van der Waals surface area contributed by atoms with Gasteiger partial charge in [-0.1, -0.05) is 0 Å². The summed E-state index contributed by atoms with van der Waals surface area (Å²) in [4.78, 5) is 9.81. The molecule has 2 N–H and O–H groups in total. The molecule has 0 aliphatic rings. The highest BCUT2D eigenvalue weighted by Gasteiger charge is 2.15. The van der Waals surface area contributed by atoms with Crippen molar-refractivity contribution in [2.24, 2.45) is 0 Å². The summed E-state index contributed by atoms with van der Waals surface area (Å²) < 4.78 is 14.5. The number of rotatable bonds is 2. The van der Waals surface area contributed by atoms with Crippen molar-refractivity contribution in [3.63, 3.8) is 0 Å². The van der Waals surface area contributed by atoms with E-state index < -0.39 is 16.4 Å². The lowest BCUT2D eigenvalue weighted by molar-refractivity contribution is -0.387. The highest BCUT2D eigenvalue weighted by atomic mass is 19.1. The molecule has 88 valence electrons. The van der Waals surface area contributed by atoms with Crippen LogP contribution in [0.25, 0.3) is 5.69 Å². The predicted molar refractivity (Wildman–Crippen MR) is 59.3 cm³/mol. The molecule has 17 heavy (non-hydrogen) atoms. The molecule has 0 radical (unpaired) electrons. The number of aromatic nitrogens is 2. The summed E-state index contributed by atoms with van der Waals surface area (Å²) in [5.41, 5.74) is 6.11. The number of hydrogen-bond donors (Lipinski definition) is 1. The van der Waals surface area contributed by atoms with Crippen LogP contribution in [0, 0.1) is 22.9 Å². The van der Waals surface area contributed by atoms with Gasteiger partial charge in [-0.05, 0) is 19.1 Å². The normalized spacial score (nSPS) is 10.5. The molecule has 6 nitrogen and oxygen atoms in total. The first-order chi connectivity index (χ1) is 7.99. The molecule has 0 saturated heterocycles. The van der Waals surface area contributed by atoms with Crippen molar-refractivity contribution in [1.82, 2.24) is 9.78 Å². The zero-order chi connectivity index (χ0) is 12.6. The van der Waals surface area contributed by atoms with Crippen molar-refractivity contribution in [3.05, 3.63) is 45.9 Å². The van der Waals surface area contributed by atoms with E-state index in [9.17, 15) is 14.5 Å². The van der Waals surface area contributed by atoms with E-state index in [1.807, 2.05) is 0 Å². The summed E-state index contributed by atoms with van der Waals surface area (Å²) in [6.45, 7) is 1.76. The van der Waals surface area contributed by atoms with Crippen molar-refractivity contribution in [3.8, 4) is 5.69 Å². The largest absolute Gasteiger partial charge is 0.382 e. The van der Waals surface area contributed by atoms with Crippen LogP contribution in [-0.4, -0.2) is 14.7 Å². The average Bonchev–Trinajstić information content (AvgIpc) is 2.59. The average molecular weight is 236 g/mol. The van der Waals surface area contributed by atoms with Crippen molar-refractivity contribution >= 4 is 11.5 Å². The zero-order valence-corrected chi connectivity index (χ0v) is 8.92. The second-order valence-corrected chi connectivity index (χ2v) is 3.53. The van der Waals surface area contributed by atoms with Crippen LogP contribution < -0.4 is 5.73 Å². The topological polar surface area (TPSA) is 87.0 Å². The Bertz CT molecular complexity index is 574. The number of anilines is 1. The lowest BCUT2D eigenvalue weighted by Gasteiger charge is -2.01. The fraction of sp³-hybridized carbons (Fsp3) is 0.100. The monoisotopic (exact) mass is 236 g/mol. The molecule has 0 amide bonds. The number of nitrogens with two attached hydrogens (primary N) is 1. The summed E-state index contributed by atoms with van der Waals surface area (Å²) in [7, 11) is 0. The summed E-state index contributed by atoms with van der Waals surface area (Å²) in [6.07, 6.45) is 1.62. The maximum absolute atomic E-state index is 13.1. The van der Waals surface area contributed by atoms with Gasteiger partial charge in [-0.25, -0.2) is 4.68 Å². The first-order valence-corrected chi connectivity index (χ1v) is 4.75. The minimum absolute atomic E-state index is 0.331. The Hall–Kier alpha value is -2.44. The molecule has 7 heteroatoms. The van der Waals surface area contributed by atoms with E-state index in [-0.39, 0.29) is 0 Å². The third-order valence-corrected chi connectivity index (χ3v) is 2.33. The standard InChI is InChI=1S/C10H9FN4O2/c1-6-5-14(13-10(6)12)7-2-3-8(11)9(4-7)15(16)17/h2-5H,1H3,(H2,12,13). The second-order valence-electron chi connectivity index (χ2n) is 3.53. The lowest BCUT2D eigenvalue weighted by atomic mass is 10.2. The van der Waals surface area contributed by atoms with Crippen LogP contribution in [0.5, 0.6) is 0 Å². The fourth-order valence-electron chi connectivity index (χ4n) is 1.39. The summed E-state index contributed by atoms with van der Waals surface area (Å²) >= 11 is 0. The van der Waals surface area contributed by atoms with Gasteiger partial charge in [-0.3, -0.25) is 10.1 Å². The Labute approximate surface area is 95.6 Å². The molecular weight excluding hydrogens is 227 g/mol. The molecule has 0 fully saturated rings. The molecule has 0 unspecified atom stereocenters. The van der Waals surface area contributed by atoms with Gasteiger partial charge in [0.2, 0.25) is 5.82 Å². The summed E-state index contributed by atoms with van der Waals surface area (Å²) in [6, 6.07) is 3.54. The zero-order valence-electron chi connectivity index (χ0n) is 8.92. The Balaban J connectivity index is 2.53. The number of nitro groups is 1. The number of nitrogens with zero attached hydrogens (tertiary/aromatic N) is 3. The van der Waals surface area contributed by atoms with Gasteiger partial charge in [-0.2, -0.15) is 9.49 Å². The highest BCUT2D eigenvalue weighted by Crippen LogP contribution is 2.21. The predicted octanol–water partition coefficient (Wildman–Crippen LogP) is 1.81. The van der Waals surface area contributed by atoms with E-state index in [2.05, 4.69) is 5.10 Å². The van der Waals surface area contributed by atoms with Gasteiger partial charge in [0.25, 0.3) is 0 Å². The molecule has 0 aliphatic heterocycles. The molecule has 1 aromatic heterocycles. The SMILES string of the molecule is Cc1cn(-c2ccc(F)c([N+](=O)[O-])c2)nc1N. The molecule has 0 atom stereocenters. The van der Waals surface area contributed by atoms with Crippen molar-refractivity contribution < 1.29 is 9.31 Å². The van der Waals surface area contributed by atoms with E-state index in [0.717, 1.165) is 17.7 Å².